The lowest BCUT2D eigenvalue weighted by atomic mass is 10.1. The van der Waals surface area contributed by atoms with Gasteiger partial charge in [0.25, 0.3) is 6.43 Å². The molecule has 1 rings (SSSR count). The van der Waals surface area contributed by atoms with E-state index in [2.05, 4.69) is 0 Å². The van der Waals surface area contributed by atoms with Crippen molar-refractivity contribution in [3.63, 3.8) is 0 Å². The number of benzene rings is 1. The summed E-state index contributed by atoms with van der Waals surface area (Å²) >= 11 is 0. The summed E-state index contributed by atoms with van der Waals surface area (Å²) in [5.41, 5.74) is 1.28. The Bertz CT molecular complexity index is 362. The number of hydrogen-bond acceptors (Lipinski definition) is 2. The highest BCUT2D eigenvalue weighted by atomic mass is 19.3. The summed E-state index contributed by atoms with van der Waals surface area (Å²) < 4.78 is 28.6. The zero-order chi connectivity index (χ0) is 11.4. The van der Waals surface area contributed by atoms with Crippen LogP contribution in [-0.4, -0.2) is 18.8 Å². The van der Waals surface area contributed by atoms with Gasteiger partial charge in [-0.05, 0) is 37.6 Å². The number of aryl methyl sites for hydroxylation is 1. The third kappa shape index (κ3) is 3.65. The highest BCUT2D eigenvalue weighted by molar-refractivity contribution is 5.94. The maximum absolute atomic E-state index is 11.9. The van der Waals surface area contributed by atoms with Gasteiger partial charge in [-0.15, -0.1) is 0 Å². The smallest absolute Gasteiger partial charge is 0.272 e. The van der Waals surface area contributed by atoms with E-state index in [9.17, 15) is 13.6 Å². The van der Waals surface area contributed by atoms with Crippen LogP contribution in [0.25, 0.3) is 0 Å². The summed E-state index contributed by atoms with van der Waals surface area (Å²) in [6, 6.07) is 4.78. The minimum absolute atomic E-state index is 0.111. The average molecular weight is 214 g/mol. The van der Waals surface area contributed by atoms with E-state index in [0.29, 0.717) is 11.3 Å². The van der Waals surface area contributed by atoms with Crippen LogP contribution in [0.5, 0.6) is 5.75 Å². The Hall–Kier alpha value is -1.45. The molecule has 0 aliphatic heterocycles. The lowest BCUT2D eigenvalue weighted by Crippen LogP contribution is -2.07. The summed E-state index contributed by atoms with van der Waals surface area (Å²) in [6.45, 7) is 2.55. The SMILES string of the molecule is CC(=O)c1cc(C)cc(OCC(F)F)c1. The first-order valence-corrected chi connectivity index (χ1v) is 4.52. The van der Waals surface area contributed by atoms with Crippen LogP contribution >= 0.6 is 0 Å². The molecule has 0 saturated heterocycles. The van der Waals surface area contributed by atoms with Crippen molar-refractivity contribution in [2.75, 3.05) is 6.61 Å². The van der Waals surface area contributed by atoms with Crippen LogP contribution in [0, 0.1) is 6.92 Å². The molecule has 0 spiro atoms. The largest absolute Gasteiger partial charge is 0.488 e. The fourth-order valence-electron chi connectivity index (χ4n) is 1.19. The van der Waals surface area contributed by atoms with Crippen LogP contribution in [0.3, 0.4) is 0 Å². The van der Waals surface area contributed by atoms with Crippen molar-refractivity contribution in [3.8, 4) is 5.75 Å². The molecular weight excluding hydrogens is 202 g/mol. The molecule has 0 fully saturated rings. The first kappa shape index (κ1) is 11.6. The molecule has 0 unspecified atom stereocenters. The molecule has 0 aliphatic rings. The Labute approximate surface area is 86.9 Å². The van der Waals surface area contributed by atoms with Gasteiger partial charge in [0.2, 0.25) is 0 Å². The number of carbonyl (C=O) groups excluding carboxylic acids is 1. The van der Waals surface area contributed by atoms with Gasteiger partial charge in [0.1, 0.15) is 12.4 Å². The molecule has 82 valence electrons. The quantitative estimate of drug-likeness (QED) is 0.720. The Morgan fingerprint density at radius 2 is 2.07 bits per heavy atom. The van der Waals surface area contributed by atoms with Crippen LogP contribution in [-0.2, 0) is 0 Å². The predicted octanol–water partition coefficient (Wildman–Crippen LogP) is 2.84. The molecule has 1 aromatic rings. The maximum atomic E-state index is 11.9. The van der Waals surface area contributed by atoms with E-state index < -0.39 is 13.0 Å². The van der Waals surface area contributed by atoms with Crippen LogP contribution in [0.15, 0.2) is 18.2 Å². The van der Waals surface area contributed by atoms with E-state index >= 15 is 0 Å². The zero-order valence-electron chi connectivity index (χ0n) is 8.59. The number of ether oxygens (including phenoxy) is 1. The first-order chi connectivity index (χ1) is 6.99. The van der Waals surface area contributed by atoms with Gasteiger partial charge in [-0.2, -0.15) is 0 Å². The number of halogens is 2. The number of rotatable bonds is 4. The van der Waals surface area contributed by atoms with Gasteiger partial charge in [0, 0.05) is 5.56 Å². The van der Waals surface area contributed by atoms with Crippen LogP contribution in [0.1, 0.15) is 22.8 Å². The summed E-state index contributed by atoms with van der Waals surface area (Å²) in [6.07, 6.45) is -2.51. The van der Waals surface area contributed by atoms with Gasteiger partial charge in [-0.25, -0.2) is 8.78 Å². The van der Waals surface area contributed by atoms with Crippen LogP contribution in [0.2, 0.25) is 0 Å². The Kier molecular flexibility index (Phi) is 3.77. The van der Waals surface area contributed by atoms with E-state index in [-0.39, 0.29) is 5.78 Å². The molecule has 4 heteroatoms. The molecule has 15 heavy (non-hydrogen) atoms. The summed E-state index contributed by atoms with van der Waals surface area (Å²) in [7, 11) is 0. The Morgan fingerprint density at radius 1 is 1.40 bits per heavy atom. The molecule has 0 bridgehead atoms. The van der Waals surface area contributed by atoms with E-state index in [1.165, 1.54) is 13.0 Å². The second-order valence-corrected chi connectivity index (χ2v) is 3.29. The summed E-state index contributed by atoms with van der Waals surface area (Å²) in [5.74, 6) is 0.195. The molecule has 0 amide bonds. The molecule has 0 heterocycles. The highest BCUT2D eigenvalue weighted by Gasteiger charge is 2.06. The number of hydrogen-bond donors (Lipinski definition) is 0. The van der Waals surface area contributed by atoms with Crippen LogP contribution in [0.4, 0.5) is 8.78 Å². The van der Waals surface area contributed by atoms with Gasteiger partial charge >= 0.3 is 0 Å². The second-order valence-electron chi connectivity index (χ2n) is 3.29. The van der Waals surface area contributed by atoms with Gasteiger partial charge in [-0.3, -0.25) is 4.79 Å². The van der Waals surface area contributed by atoms with Gasteiger partial charge in [0.05, 0.1) is 0 Å². The predicted molar refractivity (Wildman–Crippen MR) is 52.7 cm³/mol. The fraction of sp³-hybridized carbons (Fsp3) is 0.364. The molecular formula is C11H12F2O2. The van der Waals surface area contributed by atoms with Crippen molar-refractivity contribution >= 4 is 5.78 Å². The standard InChI is InChI=1S/C11H12F2O2/c1-7-3-9(8(2)14)5-10(4-7)15-6-11(12)13/h3-5,11H,6H2,1-2H3. The molecule has 0 saturated carbocycles. The number of ketones is 1. The fourth-order valence-corrected chi connectivity index (χ4v) is 1.19. The first-order valence-electron chi connectivity index (χ1n) is 4.52. The minimum Gasteiger partial charge on any atom is -0.488 e. The Balaban J connectivity index is 2.84. The van der Waals surface area contributed by atoms with E-state index in [1.54, 1.807) is 19.1 Å². The molecule has 0 radical (unpaired) electrons. The summed E-state index contributed by atoms with van der Waals surface area (Å²) in [4.78, 5) is 11.1. The van der Waals surface area contributed by atoms with Crippen molar-refractivity contribution in [2.24, 2.45) is 0 Å². The molecule has 0 aromatic heterocycles. The molecule has 0 N–H and O–H groups in total. The molecule has 0 aliphatic carbocycles. The minimum atomic E-state index is -2.51. The van der Waals surface area contributed by atoms with E-state index in [1.807, 2.05) is 0 Å². The highest BCUT2D eigenvalue weighted by Crippen LogP contribution is 2.17. The topological polar surface area (TPSA) is 26.3 Å². The van der Waals surface area contributed by atoms with Crippen molar-refractivity contribution in [1.82, 2.24) is 0 Å². The molecule has 0 atom stereocenters. The normalized spacial score (nSPS) is 10.5. The maximum Gasteiger partial charge on any atom is 0.272 e. The molecule has 1 aromatic carbocycles. The molecule has 2 nitrogen and oxygen atoms in total. The average Bonchev–Trinajstić information content (AvgIpc) is 2.13. The van der Waals surface area contributed by atoms with Crippen molar-refractivity contribution < 1.29 is 18.3 Å². The number of carbonyl (C=O) groups is 1. The van der Waals surface area contributed by atoms with Gasteiger partial charge in [-0.1, -0.05) is 0 Å². The van der Waals surface area contributed by atoms with Gasteiger partial charge in [0.15, 0.2) is 5.78 Å². The van der Waals surface area contributed by atoms with E-state index in [4.69, 9.17) is 4.74 Å². The Morgan fingerprint density at radius 3 is 2.60 bits per heavy atom. The monoisotopic (exact) mass is 214 g/mol. The van der Waals surface area contributed by atoms with Crippen molar-refractivity contribution in [2.45, 2.75) is 20.3 Å². The van der Waals surface area contributed by atoms with Gasteiger partial charge < -0.3 is 4.74 Å². The summed E-state index contributed by atoms with van der Waals surface area (Å²) in [5, 5.41) is 0. The second kappa shape index (κ2) is 4.87. The van der Waals surface area contributed by atoms with Crippen molar-refractivity contribution in [3.05, 3.63) is 29.3 Å². The lowest BCUT2D eigenvalue weighted by Gasteiger charge is -2.07. The third-order valence-electron chi connectivity index (χ3n) is 1.83. The van der Waals surface area contributed by atoms with E-state index in [0.717, 1.165) is 5.56 Å². The number of Topliss-reactive ketones (excluding diaryl/α,β-unsaturated/α-hetero) is 1. The number of alkyl halides is 2. The third-order valence-corrected chi connectivity index (χ3v) is 1.83. The van der Waals surface area contributed by atoms with Crippen LogP contribution < -0.4 is 4.74 Å². The van der Waals surface area contributed by atoms with Crippen molar-refractivity contribution in [1.29, 1.82) is 0 Å². The zero-order valence-corrected chi connectivity index (χ0v) is 8.59. The lowest BCUT2D eigenvalue weighted by molar-refractivity contribution is 0.0818.